The van der Waals surface area contributed by atoms with Gasteiger partial charge in [0, 0.05) is 10.7 Å². The number of aromatic nitrogens is 1. The molecular weight excluding hydrogens is 304 g/mol. The highest BCUT2D eigenvalue weighted by molar-refractivity contribution is 9.10. The van der Waals surface area contributed by atoms with Gasteiger partial charge in [0.15, 0.2) is 0 Å². The van der Waals surface area contributed by atoms with Crippen LogP contribution in [0, 0.1) is 0 Å². The minimum atomic E-state index is -0.596. The predicted octanol–water partition coefficient (Wildman–Crippen LogP) is 3.47. The number of hydrogen-bond acceptors (Lipinski definition) is 3. The minimum Gasteiger partial charge on any atom is -0.492 e. The van der Waals surface area contributed by atoms with Crippen LogP contribution in [0.4, 0.5) is 0 Å². The van der Waals surface area contributed by atoms with Gasteiger partial charge in [-0.3, -0.25) is 4.98 Å². The van der Waals surface area contributed by atoms with Gasteiger partial charge in [-0.25, -0.2) is 0 Å². The van der Waals surface area contributed by atoms with Crippen LogP contribution in [0.1, 0.15) is 25.0 Å². The topological polar surface area (TPSA) is 48.1 Å². The molecule has 100 valence electrons. The van der Waals surface area contributed by atoms with Crippen molar-refractivity contribution < 1.29 is 4.74 Å². The van der Waals surface area contributed by atoms with Gasteiger partial charge in [0.25, 0.3) is 0 Å². The summed E-state index contributed by atoms with van der Waals surface area (Å²) in [4.78, 5) is 4.20. The van der Waals surface area contributed by atoms with Crippen LogP contribution in [0.3, 0.4) is 0 Å². The van der Waals surface area contributed by atoms with Crippen molar-refractivity contribution in [2.24, 2.45) is 5.73 Å². The molecule has 2 rings (SSSR count). The Morgan fingerprint density at radius 3 is 2.53 bits per heavy atom. The first kappa shape index (κ1) is 14.0. The molecule has 4 heteroatoms. The Labute approximate surface area is 121 Å². The van der Waals surface area contributed by atoms with Crippen molar-refractivity contribution in [2.45, 2.75) is 19.4 Å². The second-order valence-electron chi connectivity index (χ2n) is 4.55. The van der Waals surface area contributed by atoms with Crippen LogP contribution in [0.15, 0.2) is 47.2 Å². The Hall–Kier alpha value is -1.39. The van der Waals surface area contributed by atoms with Crippen LogP contribution in [-0.4, -0.2) is 11.6 Å². The molecule has 19 heavy (non-hydrogen) atoms. The fraction of sp³-hybridized carbons (Fsp3) is 0.267. The molecule has 0 fully saturated rings. The summed E-state index contributed by atoms with van der Waals surface area (Å²) >= 11 is 3.43. The number of benzene rings is 1. The SMILES string of the molecule is CCOc1cncc(C(C)(N)c2ccc(Br)cc2)c1. The maximum Gasteiger partial charge on any atom is 0.137 e. The van der Waals surface area contributed by atoms with E-state index in [1.165, 1.54) is 0 Å². The van der Waals surface area contributed by atoms with E-state index >= 15 is 0 Å². The molecule has 1 heterocycles. The van der Waals surface area contributed by atoms with Gasteiger partial charge >= 0.3 is 0 Å². The van der Waals surface area contributed by atoms with E-state index in [1.54, 1.807) is 12.4 Å². The lowest BCUT2D eigenvalue weighted by Gasteiger charge is -2.26. The van der Waals surface area contributed by atoms with Crippen LogP contribution < -0.4 is 10.5 Å². The quantitative estimate of drug-likeness (QED) is 0.938. The van der Waals surface area contributed by atoms with Gasteiger partial charge in [0.1, 0.15) is 5.75 Å². The molecule has 0 amide bonds. The molecule has 0 saturated heterocycles. The molecule has 0 aliphatic carbocycles. The zero-order valence-electron chi connectivity index (χ0n) is 11.1. The summed E-state index contributed by atoms with van der Waals surface area (Å²) in [5.41, 5.74) is 7.83. The highest BCUT2D eigenvalue weighted by Crippen LogP contribution is 2.29. The first-order chi connectivity index (χ1) is 9.04. The fourth-order valence-electron chi connectivity index (χ4n) is 1.91. The lowest BCUT2D eigenvalue weighted by molar-refractivity contribution is 0.337. The van der Waals surface area contributed by atoms with Gasteiger partial charge in [0.2, 0.25) is 0 Å². The molecular formula is C15H17BrN2O. The second kappa shape index (κ2) is 5.72. The Kier molecular flexibility index (Phi) is 4.22. The molecule has 3 nitrogen and oxygen atoms in total. The average Bonchev–Trinajstić information content (AvgIpc) is 2.40. The minimum absolute atomic E-state index is 0.596. The average molecular weight is 321 g/mol. The van der Waals surface area contributed by atoms with E-state index in [4.69, 9.17) is 10.5 Å². The summed E-state index contributed by atoms with van der Waals surface area (Å²) in [5, 5.41) is 0. The van der Waals surface area contributed by atoms with Gasteiger partial charge < -0.3 is 10.5 Å². The Bertz CT molecular complexity index is 552. The molecule has 1 atom stereocenters. The van der Waals surface area contributed by atoms with Crippen LogP contribution in [-0.2, 0) is 5.54 Å². The number of nitrogens with two attached hydrogens (primary N) is 1. The summed E-state index contributed by atoms with van der Waals surface area (Å²) in [6.07, 6.45) is 3.48. The zero-order chi connectivity index (χ0) is 13.9. The number of rotatable bonds is 4. The monoisotopic (exact) mass is 320 g/mol. The van der Waals surface area contributed by atoms with Gasteiger partial charge in [-0.15, -0.1) is 0 Å². The Morgan fingerprint density at radius 1 is 1.21 bits per heavy atom. The first-order valence-electron chi connectivity index (χ1n) is 6.17. The maximum absolute atomic E-state index is 6.46. The summed E-state index contributed by atoms with van der Waals surface area (Å²) < 4.78 is 6.51. The highest BCUT2D eigenvalue weighted by Gasteiger charge is 2.24. The van der Waals surface area contributed by atoms with Gasteiger partial charge in [-0.2, -0.15) is 0 Å². The molecule has 2 aromatic rings. The molecule has 0 radical (unpaired) electrons. The molecule has 0 aliphatic heterocycles. The third-order valence-electron chi connectivity index (χ3n) is 3.07. The van der Waals surface area contributed by atoms with E-state index < -0.39 is 5.54 Å². The van der Waals surface area contributed by atoms with E-state index in [0.717, 1.165) is 21.3 Å². The molecule has 1 unspecified atom stereocenters. The van der Waals surface area contributed by atoms with Crippen molar-refractivity contribution in [3.8, 4) is 5.75 Å². The highest BCUT2D eigenvalue weighted by atomic mass is 79.9. The summed E-state index contributed by atoms with van der Waals surface area (Å²) in [5.74, 6) is 0.744. The van der Waals surface area contributed by atoms with E-state index in [-0.39, 0.29) is 0 Å². The Morgan fingerprint density at radius 2 is 1.89 bits per heavy atom. The number of ether oxygens (including phenoxy) is 1. The van der Waals surface area contributed by atoms with Crippen LogP contribution in [0.5, 0.6) is 5.75 Å². The van der Waals surface area contributed by atoms with Crippen molar-refractivity contribution in [2.75, 3.05) is 6.61 Å². The molecule has 0 bridgehead atoms. The van der Waals surface area contributed by atoms with Gasteiger partial charge in [-0.05, 0) is 43.2 Å². The molecule has 0 saturated carbocycles. The Balaban J connectivity index is 2.37. The van der Waals surface area contributed by atoms with Crippen molar-refractivity contribution in [3.63, 3.8) is 0 Å². The largest absolute Gasteiger partial charge is 0.492 e. The number of hydrogen-bond donors (Lipinski definition) is 1. The van der Waals surface area contributed by atoms with E-state index in [9.17, 15) is 0 Å². The predicted molar refractivity (Wildman–Crippen MR) is 80.2 cm³/mol. The van der Waals surface area contributed by atoms with E-state index in [2.05, 4.69) is 20.9 Å². The molecule has 1 aromatic carbocycles. The third kappa shape index (κ3) is 3.14. The summed E-state index contributed by atoms with van der Waals surface area (Å²) in [6.45, 7) is 4.54. The van der Waals surface area contributed by atoms with Gasteiger partial charge in [-0.1, -0.05) is 28.1 Å². The molecule has 1 aromatic heterocycles. The molecule has 0 aliphatic rings. The first-order valence-corrected chi connectivity index (χ1v) is 6.96. The third-order valence-corrected chi connectivity index (χ3v) is 3.60. The van der Waals surface area contributed by atoms with Crippen LogP contribution >= 0.6 is 15.9 Å². The van der Waals surface area contributed by atoms with Gasteiger partial charge in [0.05, 0.1) is 18.3 Å². The number of pyridine rings is 1. The summed E-state index contributed by atoms with van der Waals surface area (Å²) in [7, 11) is 0. The summed E-state index contributed by atoms with van der Waals surface area (Å²) in [6, 6.07) is 9.94. The maximum atomic E-state index is 6.46. The lowest BCUT2D eigenvalue weighted by Crippen LogP contribution is -2.34. The van der Waals surface area contributed by atoms with E-state index in [1.807, 2.05) is 44.2 Å². The van der Waals surface area contributed by atoms with Crippen LogP contribution in [0.25, 0.3) is 0 Å². The fourth-order valence-corrected chi connectivity index (χ4v) is 2.18. The number of nitrogens with zero attached hydrogens (tertiary/aromatic N) is 1. The normalized spacial score (nSPS) is 13.9. The number of halogens is 1. The lowest BCUT2D eigenvalue weighted by atomic mass is 9.87. The van der Waals surface area contributed by atoms with Crippen molar-refractivity contribution in [1.29, 1.82) is 0 Å². The smallest absolute Gasteiger partial charge is 0.137 e. The molecule has 0 spiro atoms. The zero-order valence-corrected chi connectivity index (χ0v) is 12.6. The molecule has 2 N–H and O–H groups in total. The van der Waals surface area contributed by atoms with Crippen molar-refractivity contribution in [1.82, 2.24) is 4.98 Å². The van der Waals surface area contributed by atoms with Crippen LogP contribution in [0.2, 0.25) is 0 Å². The second-order valence-corrected chi connectivity index (χ2v) is 5.47. The van der Waals surface area contributed by atoms with Crippen molar-refractivity contribution in [3.05, 3.63) is 58.3 Å². The standard InChI is InChI=1S/C15H17BrN2O/c1-3-19-14-8-12(9-18-10-14)15(2,17)11-4-6-13(16)7-5-11/h4-10H,3,17H2,1-2H3. The van der Waals surface area contributed by atoms with Crippen molar-refractivity contribution >= 4 is 15.9 Å². The van der Waals surface area contributed by atoms with E-state index in [0.29, 0.717) is 6.61 Å².